The molecule has 0 saturated carbocycles. The third-order valence-electron chi connectivity index (χ3n) is 3.33. The van der Waals surface area contributed by atoms with Gasteiger partial charge in [0.25, 0.3) is 0 Å². The number of benzene rings is 1. The van der Waals surface area contributed by atoms with Gasteiger partial charge in [0.2, 0.25) is 0 Å². The summed E-state index contributed by atoms with van der Waals surface area (Å²) in [5, 5.41) is 5.46. The lowest BCUT2D eigenvalue weighted by molar-refractivity contribution is 0.555. The van der Waals surface area contributed by atoms with Gasteiger partial charge in [-0.2, -0.15) is 5.10 Å². The molecule has 0 bridgehead atoms. The van der Waals surface area contributed by atoms with Crippen LogP contribution >= 0.6 is 31.9 Å². The third kappa shape index (κ3) is 3.69. The number of aryl methyl sites for hydroxylation is 2. The maximum atomic E-state index is 4.46. The number of rotatable bonds is 5. The van der Waals surface area contributed by atoms with E-state index in [1.165, 1.54) is 11.3 Å². The molecular formula is C15H18Br2N2. The van der Waals surface area contributed by atoms with Crippen molar-refractivity contribution in [1.29, 1.82) is 0 Å². The predicted octanol–water partition coefficient (Wildman–Crippen LogP) is 4.29. The molecule has 2 rings (SSSR count). The van der Waals surface area contributed by atoms with Crippen LogP contribution in [0.4, 0.5) is 0 Å². The lowest BCUT2D eigenvalue weighted by atomic mass is 9.96. The molecule has 0 saturated heterocycles. The van der Waals surface area contributed by atoms with E-state index in [4.69, 9.17) is 0 Å². The van der Waals surface area contributed by atoms with Gasteiger partial charge in [-0.1, -0.05) is 46.3 Å². The highest BCUT2D eigenvalue weighted by Gasteiger charge is 2.16. The lowest BCUT2D eigenvalue weighted by Gasteiger charge is -2.14. The first-order valence-corrected chi connectivity index (χ1v) is 8.31. The van der Waals surface area contributed by atoms with E-state index in [0.29, 0.717) is 5.92 Å². The topological polar surface area (TPSA) is 17.8 Å². The molecule has 2 aromatic rings. The quantitative estimate of drug-likeness (QED) is 0.702. The van der Waals surface area contributed by atoms with E-state index in [1.807, 2.05) is 18.7 Å². The second kappa shape index (κ2) is 6.71. The summed E-state index contributed by atoms with van der Waals surface area (Å²) in [6.45, 7) is 2.04. The molecule has 0 fully saturated rings. The Morgan fingerprint density at radius 1 is 1.21 bits per heavy atom. The fraction of sp³-hybridized carbons (Fsp3) is 0.400. The van der Waals surface area contributed by atoms with Gasteiger partial charge in [-0.05, 0) is 47.2 Å². The highest BCUT2D eigenvalue weighted by molar-refractivity contribution is 9.10. The molecule has 1 aromatic heterocycles. The Bertz CT molecular complexity index is 535. The first kappa shape index (κ1) is 14.8. The minimum Gasteiger partial charge on any atom is -0.271 e. The van der Waals surface area contributed by atoms with Gasteiger partial charge in [-0.25, -0.2) is 0 Å². The fourth-order valence-corrected chi connectivity index (χ4v) is 3.26. The number of halogens is 2. The molecule has 0 spiro atoms. The van der Waals surface area contributed by atoms with Crippen LogP contribution in [0.25, 0.3) is 0 Å². The van der Waals surface area contributed by atoms with Crippen LogP contribution in [0, 0.1) is 12.8 Å². The van der Waals surface area contributed by atoms with Gasteiger partial charge < -0.3 is 0 Å². The number of hydrogen-bond acceptors (Lipinski definition) is 1. The molecule has 4 heteroatoms. The Hall–Kier alpha value is -0.610. The van der Waals surface area contributed by atoms with E-state index >= 15 is 0 Å². The maximum Gasteiger partial charge on any atom is 0.0738 e. The van der Waals surface area contributed by atoms with Crippen LogP contribution < -0.4 is 0 Å². The largest absolute Gasteiger partial charge is 0.271 e. The van der Waals surface area contributed by atoms with Crippen LogP contribution in [-0.4, -0.2) is 15.1 Å². The van der Waals surface area contributed by atoms with Crippen LogP contribution in [0.1, 0.15) is 17.0 Å². The summed E-state index contributed by atoms with van der Waals surface area (Å²) in [6, 6.07) is 10.7. The van der Waals surface area contributed by atoms with Crippen molar-refractivity contribution in [2.45, 2.75) is 19.8 Å². The number of aromatic nitrogens is 2. The van der Waals surface area contributed by atoms with E-state index in [-0.39, 0.29) is 0 Å². The van der Waals surface area contributed by atoms with E-state index in [2.05, 4.69) is 67.3 Å². The summed E-state index contributed by atoms with van der Waals surface area (Å²) in [5.41, 5.74) is 3.73. The molecule has 1 aromatic carbocycles. The minimum atomic E-state index is 0.577. The van der Waals surface area contributed by atoms with Gasteiger partial charge in [-0.3, -0.25) is 4.68 Å². The minimum absolute atomic E-state index is 0.577. The second-order valence-electron chi connectivity index (χ2n) is 4.88. The smallest absolute Gasteiger partial charge is 0.0738 e. The number of hydrogen-bond donors (Lipinski definition) is 0. The Balaban J connectivity index is 2.11. The van der Waals surface area contributed by atoms with Gasteiger partial charge >= 0.3 is 0 Å². The SMILES string of the molecule is Cc1nn(C)c(CC(CBr)Cc2ccccc2)c1Br. The molecule has 0 amide bonds. The zero-order chi connectivity index (χ0) is 13.8. The van der Waals surface area contributed by atoms with Crippen molar-refractivity contribution in [3.63, 3.8) is 0 Å². The van der Waals surface area contributed by atoms with Crippen molar-refractivity contribution in [2.24, 2.45) is 13.0 Å². The normalized spacial score (nSPS) is 12.6. The molecule has 1 heterocycles. The molecule has 1 unspecified atom stereocenters. The summed E-state index contributed by atoms with van der Waals surface area (Å²) in [7, 11) is 2.01. The summed E-state index contributed by atoms with van der Waals surface area (Å²) in [5.74, 6) is 0.577. The maximum absolute atomic E-state index is 4.46. The predicted molar refractivity (Wildman–Crippen MR) is 86.8 cm³/mol. The Labute approximate surface area is 131 Å². The van der Waals surface area contributed by atoms with Gasteiger partial charge in [0, 0.05) is 12.4 Å². The van der Waals surface area contributed by atoms with Gasteiger partial charge in [0.15, 0.2) is 0 Å². The van der Waals surface area contributed by atoms with Crippen molar-refractivity contribution in [3.05, 3.63) is 51.8 Å². The monoisotopic (exact) mass is 384 g/mol. The molecule has 0 aliphatic rings. The second-order valence-corrected chi connectivity index (χ2v) is 6.32. The Morgan fingerprint density at radius 3 is 2.42 bits per heavy atom. The van der Waals surface area contributed by atoms with Crippen molar-refractivity contribution in [3.8, 4) is 0 Å². The molecule has 0 N–H and O–H groups in total. The van der Waals surface area contributed by atoms with Gasteiger partial charge in [0.1, 0.15) is 0 Å². The van der Waals surface area contributed by atoms with E-state index in [1.54, 1.807) is 0 Å². The molecule has 102 valence electrons. The van der Waals surface area contributed by atoms with Crippen LogP contribution in [-0.2, 0) is 19.9 Å². The molecule has 0 radical (unpaired) electrons. The molecule has 1 atom stereocenters. The Morgan fingerprint density at radius 2 is 1.89 bits per heavy atom. The van der Waals surface area contributed by atoms with Crippen molar-refractivity contribution < 1.29 is 0 Å². The van der Waals surface area contributed by atoms with Crippen LogP contribution in [0.15, 0.2) is 34.8 Å². The van der Waals surface area contributed by atoms with E-state index in [9.17, 15) is 0 Å². The standard InChI is InChI=1S/C15H18Br2N2/c1-11-15(17)14(19(2)18-11)9-13(10-16)8-12-6-4-3-5-7-12/h3-7,13H,8-10H2,1-2H3. The average Bonchev–Trinajstić information content (AvgIpc) is 2.65. The fourth-order valence-electron chi connectivity index (χ4n) is 2.30. The highest BCUT2D eigenvalue weighted by atomic mass is 79.9. The lowest BCUT2D eigenvalue weighted by Crippen LogP contribution is -2.13. The first-order valence-electron chi connectivity index (χ1n) is 6.39. The number of nitrogens with zero attached hydrogens (tertiary/aromatic N) is 2. The van der Waals surface area contributed by atoms with Crippen molar-refractivity contribution in [1.82, 2.24) is 9.78 Å². The molecular weight excluding hydrogens is 368 g/mol. The van der Waals surface area contributed by atoms with E-state index in [0.717, 1.165) is 28.3 Å². The molecule has 0 aliphatic carbocycles. The number of alkyl halides is 1. The van der Waals surface area contributed by atoms with Gasteiger partial charge in [0.05, 0.1) is 15.9 Å². The van der Waals surface area contributed by atoms with Crippen LogP contribution in [0.5, 0.6) is 0 Å². The zero-order valence-electron chi connectivity index (χ0n) is 11.2. The average molecular weight is 386 g/mol. The summed E-state index contributed by atoms with van der Waals surface area (Å²) < 4.78 is 3.13. The summed E-state index contributed by atoms with van der Waals surface area (Å²) in [4.78, 5) is 0. The molecule has 19 heavy (non-hydrogen) atoms. The van der Waals surface area contributed by atoms with E-state index < -0.39 is 0 Å². The first-order chi connectivity index (χ1) is 9.11. The third-order valence-corrected chi connectivity index (χ3v) is 5.28. The van der Waals surface area contributed by atoms with Crippen LogP contribution in [0.2, 0.25) is 0 Å². The highest BCUT2D eigenvalue weighted by Crippen LogP contribution is 2.25. The Kier molecular flexibility index (Phi) is 5.22. The van der Waals surface area contributed by atoms with Crippen LogP contribution in [0.3, 0.4) is 0 Å². The van der Waals surface area contributed by atoms with Gasteiger partial charge in [-0.15, -0.1) is 0 Å². The molecule has 2 nitrogen and oxygen atoms in total. The summed E-state index contributed by atoms with van der Waals surface area (Å²) >= 11 is 7.29. The molecule has 0 aliphatic heterocycles. The van der Waals surface area contributed by atoms with Crippen molar-refractivity contribution in [2.75, 3.05) is 5.33 Å². The summed E-state index contributed by atoms with van der Waals surface area (Å²) in [6.07, 6.45) is 2.11. The van der Waals surface area contributed by atoms with Crippen molar-refractivity contribution >= 4 is 31.9 Å². The zero-order valence-corrected chi connectivity index (χ0v) is 14.4.